The van der Waals surface area contributed by atoms with Gasteiger partial charge in [0.2, 0.25) is 0 Å². The molecule has 0 unspecified atom stereocenters. The molecule has 0 aliphatic carbocycles. The van der Waals surface area contributed by atoms with Crippen molar-refractivity contribution < 1.29 is 13.9 Å². The predicted octanol–water partition coefficient (Wildman–Crippen LogP) is 1.34. The van der Waals surface area contributed by atoms with Gasteiger partial charge in [0.25, 0.3) is 0 Å². The summed E-state index contributed by atoms with van der Waals surface area (Å²) in [6.45, 7) is -0.710. The lowest BCUT2D eigenvalue weighted by Crippen LogP contribution is -2.07. The zero-order chi connectivity index (χ0) is 8.97. The van der Waals surface area contributed by atoms with E-state index in [1.165, 1.54) is 19.4 Å². The minimum atomic E-state index is -0.710. The second-order valence-electron chi connectivity index (χ2n) is 2.14. The Labute approximate surface area is 69.2 Å². The van der Waals surface area contributed by atoms with E-state index in [9.17, 15) is 9.18 Å². The van der Waals surface area contributed by atoms with Crippen molar-refractivity contribution in [2.75, 3.05) is 7.11 Å². The fourth-order valence-electron chi connectivity index (χ4n) is 0.827. The zero-order valence-electron chi connectivity index (χ0n) is 6.58. The average molecular weight is 169 g/mol. The molecule has 0 atom stereocenters. The first-order chi connectivity index (χ1) is 5.79. The van der Waals surface area contributed by atoms with E-state index in [1.54, 1.807) is 6.07 Å². The molecule has 0 radical (unpaired) electrons. The van der Waals surface area contributed by atoms with E-state index in [-0.39, 0.29) is 11.3 Å². The second kappa shape index (κ2) is 3.80. The lowest BCUT2D eigenvalue weighted by molar-refractivity contribution is 0.0591. The minimum absolute atomic E-state index is 0.0440. The number of esters is 1. The zero-order valence-corrected chi connectivity index (χ0v) is 6.58. The third-order valence-electron chi connectivity index (χ3n) is 1.41. The topological polar surface area (TPSA) is 39.2 Å². The molecule has 0 aromatic carbocycles. The highest BCUT2D eigenvalue weighted by molar-refractivity contribution is 5.88. The summed E-state index contributed by atoms with van der Waals surface area (Å²) in [5, 5.41) is 0. The Bertz CT molecular complexity index is 288. The van der Waals surface area contributed by atoms with Gasteiger partial charge in [-0.05, 0) is 6.07 Å². The molecule has 1 aromatic rings. The number of hydrogen-bond donors (Lipinski definition) is 0. The molecule has 3 nitrogen and oxygen atoms in total. The van der Waals surface area contributed by atoms with Crippen molar-refractivity contribution in [3.05, 3.63) is 29.6 Å². The van der Waals surface area contributed by atoms with Gasteiger partial charge < -0.3 is 4.74 Å². The van der Waals surface area contributed by atoms with Gasteiger partial charge in [-0.2, -0.15) is 0 Å². The Hall–Kier alpha value is -1.45. The van der Waals surface area contributed by atoms with E-state index in [1.807, 2.05) is 0 Å². The van der Waals surface area contributed by atoms with Crippen LogP contribution in [0.1, 0.15) is 16.1 Å². The first-order valence-corrected chi connectivity index (χ1v) is 3.37. The highest BCUT2D eigenvalue weighted by Crippen LogP contribution is 2.07. The summed E-state index contributed by atoms with van der Waals surface area (Å²) < 4.78 is 16.6. The Morgan fingerprint density at radius 2 is 2.50 bits per heavy atom. The molecule has 1 heterocycles. The van der Waals surface area contributed by atoms with Gasteiger partial charge in [-0.15, -0.1) is 0 Å². The number of hydrogen-bond acceptors (Lipinski definition) is 3. The van der Waals surface area contributed by atoms with Gasteiger partial charge in [-0.25, -0.2) is 14.2 Å². The largest absolute Gasteiger partial charge is 0.464 e. The number of methoxy groups -OCH3 is 1. The fraction of sp³-hybridized carbons (Fsp3) is 0.250. The maximum Gasteiger partial charge on any atom is 0.357 e. The van der Waals surface area contributed by atoms with E-state index in [0.29, 0.717) is 0 Å². The van der Waals surface area contributed by atoms with E-state index in [0.717, 1.165) is 0 Å². The summed E-state index contributed by atoms with van der Waals surface area (Å²) in [6.07, 6.45) is 1.42. The van der Waals surface area contributed by atoms with E-state index >= 15 is 0 Å². The first-order valence-electron chi connectivity index (χ1n) is 3.37. The van der Waals surface area contributed by atoms with Crippen LogP contribution in [-0.2, 0) is 11.4 Å². The molecular formula is C8H8FNO2. The quantitative estimate of drug-likeness (QED) is 0.627. The summed E-state index contributed by atoms with van der Waals surface area (Å²) >= 11 is 0. The normalized spacial score (nSPS) is 9.50. The maximum absolute atomic E-state index is 12.2. The maximum atomic E-state index is 12.2. The van der Waals surface area contributed by atoms with Gasteiger partial charge in [-0.3, -0.25) is 0 Å². The molecule has 0 bridgehead atoms. The number of aromatic nitrogens is 1. The number of pyridine rings is 1. The van der Waals surface area contributed by atoms with Crippen LogP contribution in [0.3, 0.4) is 0 Å². The van der Waals surface area contributed by atoms with Gasteiger partial charge in [-0.1, -0.05) is 6.07 Å². The third kappa shape index (κ3) is 1.58. The second-order valence-corrected chi connectivity index (χ2v) is 2.14. The molecule has 0 amide bonds. The number of rotatable bonds is 2. The van der Waals surface area contributed by atoms with Crippen LogP contribution < -0.4 is 0 Å². The smallest absolute Gasteiger partial charge is 0.357 e. The molecule has 64 valence electrons. The van der Waals surface area contributed by atoms with Crippen molar-refractivity contribution in [1.82, 2.24) is 4.98 Å². The molecule has 4 heteroatoms. The van der Waals surface area contributed by atoms with E-state index < -0.39 is 12.6 Å². The number of alkyl halides is 1. The summed E-state index contributed by atoms with van der Waals surface area (Å²) in [5.74, 6) is -0.608. The Kier molecular flexibility index (Phi) is 2.74. The highest BCUT2D eigenvalue weighted by atomic mass is 19.1. The van der Waals surface area contributed by atoms with Gasteiger partial charge in [0.05, 0.1) is 7.11 Å². The van der Waals surface area contributed by atoms with Crippen LogP contribution in [0, 0.1) is 0 Å². The lowest BCUT2D eigenvalue weighted by Gasteiger charge is -2.01. The number of ether oxygens (including phenoxy) is 1. The van der Waals surface area contributed by atoms with Crippen molar-refractivity contribution in [3.8, 4) is 0 Å². The van der Waals surface area contributed by atoms with Crippen LogP contribution in [-0.4, -0.2) is 18.1 Å². The molecule has 0 fully saturated rings. The molecule has 12 heavy (non-hydrogen) atoms. The molecule has 0 saturated carbocycles. The average Bonchev–Trinajstić information content (AvgIpc) is 2.16. The lowest BCUT2D eigenvalue weighted by atomic mass is 10.2. The van der Waals surface area contributed by atoms with Crippen LogP contribution in [0.25, 0.3) is 0 Å². The number of carbonyl (C=O) groups is 1. The van der Waals surface area contributed by atoms with Crippen molar-refractivity contribution in [1.29, 1.82) is 0 Å². The van der Waals surface area contributed by atoms with Gasteiger partial charge in [0.1, 0.15) is 6.67 Å². The Morgan fingerprint density at radius 3 is 3.08 bits per heavy atom. The molecule has 0 N–H and O–H groups in total. The van der Waals surface area contributed by atoms with Crippen molar-refractivity contribution in [3.63, 3.8) is 0 Å². The number of halogens is 1. The van der Waals surface area contributed by atoms with Gasteiger partial charge >= 0.3 is 5.97 Å². The van der Waals surface area contributed by atoms with Crippen molar-refractivity contribution in [2.24, 2.45) is 0 Å². The molecule has 0 saturated heterocycles. The van der Waals surface area contributed by atoms with Crippen molar-refractivity contribution in [2.45, 2.75) is 6.67 Å². The highest BCUT2D eigenvalue weighted by Gasteiger charge is 2.11. The van der Waals surface area contributed by atoms with Crippen LogP contribution in [0.15, 0.2) is 18.3 Å². The minimum Gasteiger partial charge on any atom is -0.464 e. The first kappa shape index (κ1) is 8.64. The molecule has 0 spiro atoms. The monoisotopic (exact) mass is 169 g/mol. The van der Waals surface area contributed by atoms with E-state index in [4.69, 9.17) is 0 Å². The predicted molar refractivity (Wildman–Crippen MR) is 40.4 cm³/mol. The van der Waals surface area contributed by atoms with Crippen LogP contribution in [0.5, 0.6) is 0 Å². The summed E-state index contributed by atoms with van der Waals surface area (Å²) in [6, 6.07) is 3.07. The summed E-state index contributed by atoms with van der Waals surface area (Å²) in [7, 11) is 1.24. The standard InChI is InChI=1S/C8H8FNO2/c1-12-8(11)7-6(5-9)3-2-4-10-7/h2-4H,5H2,1H3. The fourth-order valence-corrected chi connectivity index (χ4v) is 0.827. The van der Waals surface area contributed by atoms with Crippen LogP contribution >= 0.6 is 0 Å². The molecule has 1 aromatic heterocycles. The van der Waals surface area contributed by atoms with Crippen LogP contribution in [0.2, 0.25) is 0 Å². The number of nitrogens with zero attached hydrogens (tertiary/aromatic N) is 1. The van der Waals surface area contributed by atoms with Gasteiger partial charge in [0.15, 0.2) is 5.69 Å². The SMILES string of the molecule is COC(=O)c1ncccc1CF. The molecular weight excluding hydrogens is 161 g/mol. The Morgan fingerprint density at radius 1 is 1.75 bits per heavy atom. The number of carbonyl (C=O) groups excluding carboxylic acids is 1. The van der Waals surface area contributed by atoms with E-state index in [2.05, 4.69) is 9.72 Å². The molecule has 0 aliphatic rings. The summed E-state index contributed by atoms with van der Waals surface area (Å²) in [5.41, 5.74) is 0.298. The molecule has 1 rings (SSSR count). The third-order valence-corrected chi connectivity index (χ3v) is 1.41. The summed E-state index contributed by atoms with van der Waals surface area (Å²) in [4.78, 5) is 14.6. The van der Waals surface area contributed by atoms with Crippen molar-refractivity contribution >= 4 is 5.97 Å². The Balaban J connectivity index is 3.04. The van der Waals surface area contributed by atoms with Gasteiger partial charge in [0, 0.05) is 11.8 Å². The molecule has 0 aliphatic heterocycles. The van der Waals surface area contributed by atoms with Crippen LogP contribution in [0.4, 0.5) is 4.39 Å².